The van der Waals surface area contributed by atoms with Crippen molar-refractivity contribution in [1.82, 2.24) is 10.4 Å². The van der Waals surface area contributed by atoms with Crippen LogP contribution in [0.25, 0.3) is 10.9 Å². The van der Waals surface area contributed by atoms with Crippen molar-refractivity contribution >= 4 is 63.3 Å². The third kappa shape index (κ3) is 3.82. The van der Waals surface area contributed by atoms with E-state index in [9.17, 15) is 0 Å². The first-order valence-corrected chi connectivity index (χ1v) is 7.91. The predicted molar refractivity (Wildman–Crippen MR) is 102 cm³/mol. The van der Waals surface area contributed by atoms with E-state index in [-0.39, 0.29) is 0 Å². The Hall–Kier alpha value is -2.08. The second kappa shape index (κ2) is 7.00. The molecule has 1 heterocycles. The smallest absolute Gasteiger partial charge is 0.191 e. The molecule has 4 nitrogen and oxygen atoms in total. The second-order valence-corrected chi connectivity index (χ2v) is 5.99. The average molecular weight is 363 g/mol. The highest BCUT2D eigenvalue weighted by Crippen LogP contribution is 2.25. The Morgan fingerprint density at radius 3 is 2.83 bits per heavy atom. The summed E-state index contributed by atoms with van der Waals surface area (Å²) in [6.45, 7) is 0. The molecule has 7 heteroatoms. The fraction of sp³-hybridized carbons (Fsp3) is 0. The SMILES string of the molecule is S=C(N/N=C/c1c[nH]c2ccccc12)Nc1ccc(Cl)cc1Cl. The number of benzene rings is 2. The standard InChI is InChI=1S/C16H12Cl2N4S/c17-11-5-6-15(13(18)7-11)21-16(23)22-20-9-10-8-19-14-4-2-1-3-12(10)14/h1-9,19H,(H2,21,22,23)/b20-9+. The molecule has 0 aliphatic heterocycles. The summed E-state index contributed by atoms with van der Waals surface area (Å²) in [6, 6.07) is 13.1. The molecule has 0 aliphatic rings. The molecule has 0 bridgehead atoms. The fourth-order valence-corrected chi connectivity index (χ4v) is 2.72. The molecule has 1 aromatic heterocycles. The van der Waals surface area contributed by atoms with Crippen LogP contribution in [0, 0.1) is 0 Å². The van der Waals surface area contributed by atoms with Crippen molar-refractivity contribution in [2.45, 2.75) is 0 Å². The highest BCUT2D eigenvalue weighted by Gasteiger charge is 2.03. The van der Waals surface area contributed by atoms with E-state index in [4.69, 9.17) is 35.4 Å². The Kier molecular flexibility index (Phi) is 4.81. The van der Waals surface area contributed by atoms with Crippen molar-refractivity contribution in [3.63, 3.8) is 0 Å². The largest absolute Gasteiger partial charge is 0.361 e. The van der Waals surface area contributed by atoms with E-state index in [1.54, 1.807) is 24.4 Å². The topological polar surface area (TPSA) is 52.2 Å². The number of nitrogens with zero attached hydrogens (tertiary/aromatic N) is 1. The molecule has 3 rings (SSSR count). The zero-order valence-corrected chi connectivity index (χ0v) is 14.1. The zero-order valence-electron chi connectivity index (χ0n) is 11.8. The summed E-state index contributed by atoms with van der Waals surface area (Å²) in [5, 5.41) is 9.59. The zero-order chi connectivity index (χ0) is 16.2. The lowest BCUT2D eigenvalue weighted by Crippen LogP contribution is -2.24. The van der Waals surface area contributed by atoms with Crippen LogP contribution in [0.4, 0.5) is 5.69 Å². The van der Waals surface area contributed by atoms with E-state index >= 15 is 0 Å². The lowest BCUT2D eigenvalue weighted by atomic mass is 10.2. The van der Waals surface area contributed by atoms with Gasteiger partial charge in [0.25, 0.3) is 0 Å². The minimum absolute atomic E-state index is 0.338. The minimum Gasteiger partial charge on any atom is -0.361 e. The van der Waals surface area contributed by atoms with Crippen LogP contribution in [0.15, 0.2) is 53.8 Å². The van der Waals surface area contributed by atoms with Crippen LogP contribution < -0.4 is 10.7 Å². The molecule has 0 atom stereocenters. The molecule has 0 amide bonds. The molecule has 116 valence electrons. The molecule has 0 saturated heterocycles. The third-order valence-electron chi connectivity index (χ3n) is 3.17. The molecular weight excluding hydrogens is 351 g/mol. The van der Waals surface area contributed by atoms with Gasteiger partial charge >= 0.3 is 0 Å². The molecule has 0 saturated carbocycles. The Morgan fingerprint density at radius 2 is 2.00 bits per heavy atom. The predicted octanol–water partition coefficient (Wildman–Crippen LogP) is 4.80. The number of rotatable bonds is 3. The molecule has 0 unspecified atom stereocenters. The molecule has 3 N–H and O–H groups in total. The van der Waals surface area contributed by atoms with E-state index in [1.807, 2.05) is 30.5 Å². The van der Waals surface area contributed by atoms with E-state index in [2.05, 4.69) is 20.8 Å². The quantitative estimate of drug-likeness (QED) is 0.356. The highest BCUT2D eigenvalue weighted by molar-refractivity contribution is 7.80. The number of anilines is 1. The van der Waals surface area contributed by atoms with Gasteiger partial charge < -0.3 is 10.3 Å². The highest BCUT2D eigenvalue weighted by atomic mass is 35.5. The van der Waals surface area contributed by atoms with Gasteiger partial charge in [-0.1, -0.05) is 41.4 Å². The summed E-state index contributed by atoms with van der Waals surface area (Å²) < 4.78 is 0. The van der Waals surface area contributed by atoms with Crippen molar-refractivity contribution in [2.75, 3.05) is 5.32 Å². The van der Waals surface area contributed by atoms with E-state index in [0.717, 1.165) is 16.5 Å². The van der Waals surface area contributed by atoms with Crippen molar-refractivity contribution in [2.24, 2.45) is 5.10 Å². The minimum atomic E-state index is 0.338. The summed E-state index contributed by atoms with van der Waals surface area (Å²) in [6.07, 6.45) is 3.60. The van der Waals surface area contributed by atoms with Gasteiger partial charge in [0.1, 0.15) is 0 Å². The number of fused-ring (bicyclic) bond motifs is 1. The number of hydrazone groups is 1. The van der Waals surface area contributed by atoms with Gasteiger partial charge in [-0.15, -0.1) is 0 Å². The number of hydrogen-bond donors (Lipinski definition) is 3. The molecule has 23 heavy (non-hydrogen) atoms. The van der Waals surface area contributed by atoms with Gasteiger partial charge in [-0.25, -0.2) is 0 Å². The van der Waals surface area contributed by atoms with Gasteiger partial charge in [0.15, 0.2) is 5.11 Å². The fourth-order valence-electron chi connectivity index (χ4n) is 2.10. The normalized spacial score (nSPS) is 11.0. The van der Waals surface area contributed by atoms with Crippen LogP contribution in [-0.2, 0) is 0 Å². The van der Waals surface area contributed by atoms with Gasteiger partial charge in [0.05, 0.1) is 16.9 Å². The maximum Gasteiger partial charge on any atom is 0.191 e. The van der Waals surface area contributed by atoms with Gasteiger partial charge in [-0.05, 0) is 36.5 Å². The Balaban J connectivity index is 1.64. The maximum atomic E-state index is 6.08. The first-order valence-electron chi connectivity index (χ1n) is 6.75. The number of halogens is 2. The van der Waals surface area contributed by atoms with Crippen LogP contribution in [0.1, 0.15) is 5.56 Å². The van der Waals surface area contributed by atoms with Gasteiger partial charge in [0.2, 0.25) is 0 Å². The Bertz CT molecular complexity index is 889. The van der Waals surface area contributed by atoms with Crippen LogP contribution in [0.5, 0.6) is 0 Å². The molecular formula is C16H12Cl2N4S. The average Bonchev–Trinajstić information content (AvgIpc) is 2.94. The number of nitrogens with one attached hydrogen (secondary N) is 3. The van der Waals surface area contributed by atoms with Crippen molar-refractivity contribution in [3.05, 3.63) is 64.3 Å². The first kappa shape index (κ1) is 15.8. The van der Waals surface area contributed by atoms with E-state index < -0.39 is 0 Å². The Labute approximate surface area is 148 Å². The molecule has 2 aromatic carbocycles. The van der Waals surface area contributed by atoms with E-state index in [1.165, 1.54) is 0 Å². The Morgan fingerprint density at radius 1 is 1.17 bits per heavy atom. The van der Waals surface area contributed by atoms with Crippen molar-refractivity contribution < 1.29 is 0 Å². The molecule has 0 aliphatic carbocycles. The molecule has 3 aromatic rings. The monoisotopic (exact) mass is 362 g/mol. The summed E-state index contributed by atoms with van der Waals surface area (Å²) in [4.78, 5) is 3.18. The molecule has 0 spiro atoms. The van der Waals surface area contributed by atoms with Crippen LogP contribution in [0.2, 0.25) is 10.0 Å². The summed E-state index contributed by atoms with van der Waals surface area (Å²) in [5.74, 6) is 0. The molecule has 0 radical (unpaired) electrons. The van der Waals surface area contributed by atoms with Crippen molar-refractivity contribution in [3.8, 4) is 0 Å². The van der Waals surface area contributed by atoms with Crippen molar-refractivity contribution in [1.29, 1.82) is 0 Å². The van der Waals surface area contributed by atoms with E-state index in [0.29, 0.717) is 20.8 Å². The summed E-state index contributed by atoms with van der Waals surface area (Å²) >= 11 is 17.1. The number of para-hydroxylation sites is 1. The number of H-pyrrole nitrogens is 1. The van der Waals surface area contributed by atoms with Crippen LogP contribution >= 0.6 is 35.4 Å². The summed E-state index contributed by atoms with van der Waals surface area (Å²) in [5.41, 5.74) is 5.45. The van der Waals surface area contributed by atoms with Crippen LogP contribution in [-0.4, -0.2) is 16.3 Å². The molecule has 0 fully saturated rings. The number of aromatic amines is 1. The number of hydrogen-bond acceptors (Lipinski definition) is 2. The van der Waals surface area contributed by atoms with Gasteiger partial charge in [-0.2, -0.15) is 5.10 Å². The maximum absolute atomic E-state index is 6.08. The lowest BCUT2D eigenvalue weighted by molar-refractivity contribution is 1.05. The number of aromatic nitrogens is 1. The first-order chi connectivity index (χ1) is 11.1. The summed E-state index contributed by atoms with van der Waals surface area (Å²) in [7, 11) is 0. The lowest BCUT2D eigenvalue weighted by Gasteiger charge is -2.08. The second-order valence-electron chi connectivity index (χ2n) is 4.74. The van der Waals surface area contributed by atoms with Gasteiger partial charge in [0, 0.05) is 27.7 Å². The van der Waals surface area contributed by atoms with Gasteiger partial charge in [-0.3, -0.25) is 5.43 Å². The van der Waals surface area contributed by atoms with Crippen LogP contribution in [0.3, 0.4) is 0 Å². The number of thiocarbonyl (C=S) groups is 1. The third-order valence-corrected chi connectivity index (χ3v) is 3.91.